The molecule has 1 saturated heterocycles. The van der Waals surface area contributed by atoms with Crippen LogP contribution in [0.4, 0.5) is 0 Å². The summed E-state index contributed by atoms with van der Waals surface area (Å²) in [6.07, 6.45) is -5.35. The van der Waals surface area contributed by atoms with Crippen LogP contribution in [0, 0.1) is 0 Å². The molecule has 0 saturated carbocycles. The van der Waals surface area contributed by atoms with Crippen molar-refractivity contribution in [3.63, 3.8) is 0 Å². The summed E-state index contributed by atoms with van der Waals surface area (Å²) in [7, 11) is 1.31. The molecule has 2 heterocycles. The van der Waals surface area contributed by atoms with Gasteiger partial charge in [0.25, 0.3) is 0 Å². The highest BCUT2D eigenvalue weighted by Crippen LogP contribution is 2.34. The van der Waals surface area contributed by atoms with E-state index in [-0.39, 0.29) is 0 Å². The summed E-state index contributed by atoms with van der Waals surface area (Å²) in [4.78, 5) is 12.3. The van der Waals surface area contributed by atoms with Crippen LogP contribution in [0.1, 0.15) is 10.4 Å². The molecule has 9 heteroatoms. The van der Waals surface area contributed by atoms with Crippen molar-refractivity contribution >= 4 is 16.9 Å². The molecule has 2 aromatic carbocycles. The number of aromatic nitrogens is 1. The topological polar surface area (TPSA) is 131 Å². The number of carbonyl (C=O) groups is 1. The molecule has 31 heavy (non-hydrogen) atoms. The third-order valence-corrected chi connectivity index (χ3v) is 5.34. The van der Waals surface area contributed by atoms with Gasteiger partial charge in [0.15, 0.2) is 0 Å². The van der Waals surface area contributed by atoms with E-state index in [9.17, 15) is 25.2 Å². The van der Waals surface area contributed by atoms with E-state index in [4.69, 9.17) is 14.2 Å². The maximum absolute atomic E-state index is 12.3. The van der Waals surface area contributed by atoms with Crippen LogP contribution in [0.5, 0.6) is 5.75 Å². The van der Waals surface area contributed by atoms with Crippen molar-refractivity contribution in [2.24, 2.45) is 0 Å². The summed E-state index contributed by atoms with van der Waals surface area (Å²) in [5.41, 5.74) is 1.64. The highest BCUT2D eigenvalue weighted by atomic mass is 16.7. The van der Waals surface area contributed by atoms with Gasteiger partial charge in [0.05, 0.1) is 36.7 Å². The van der Waals surface area contributed by atoms with Gasteiger partial charge in [-0.1, -0.05) is 24.3 Å². The zero-order valence-corrected chi connectivity index (χ0v) is 16.7. The molecule has 4 N–H and O–H groups in total. The van der Waals surface area contributed by atoms with Crippen LogP contribution in [0.3, 0.4) is 0 Å². The number of methoxy groups -OCH3 is 1. The molecule has 1 aliphatic heterocycles. The molecule has 0 aliphatic carbocycles. The molecule has 9 nitrogen and oxygen atoms in total. The van der Waals surface area contributed by atoms with E-state index in [1.54, 1.807) is 47.2 Å². The SMILES string of the molecule is COC(=O)c1ccccc1-n1cc(O[C@@H]2O[C@H](CO)[C@H](O)[C@H](O)[C@H]2O)c2ccccc21. The summed E-state index contributed by atoms with van der Waals surface area (Å²) in [5, 5.41) is 40.4. The highest BCUT2D eigenvalue weighted by molar-refractivity contribution is 5.96. The fourth-order valence-electron chi connectivity index (χ4n) is 3.70. The lowest BCUT2D eigenvalue weighted by molar-refractivity contribution is -0.277. The average Bonchev–Trinajstić information content (AvgIpc) is 3.17. The Labute approximate surface area is 177 Å². The summed E-state index contributed by atoms with van der Waals surface area (Å²) in [6, 6.07) is 14.2. The lowest BCUT2D eigenvalue weighted by atomic mass is 9.99. The number of fused-ring (bicyclic) bond motifs is 1. The number of aliphatic hydroxyl groups excluding tert-OH is 4. The molecule has 0 radical (unpaired) electrons. The first-order valence-electron chi connectivity index (χ1n) is 9.71. The Bertz CT molecular complexity index is 1080. The Morgan fingerprint density at radius 1 is 1.03 bits per heavy atom. The third-order valence-electron chi connectivity index (χ3n) is 5.34. The third kappa shape index (κ3) is 3.78. The highest BCUT2D eigenvalue weighted by Gasteiger charge is 2.45. The molecule has 0 bridgehead atoms. The Morgan fingerprint density at radius 3 is 2.48 bits per heavy atom. The molecular formula is C22H23NO8. The Hall–Kier alpha value is -2.95. The maximum atomic E-state index is 12.3. The number of ether oxygens (including phenoxy) is 3. The van der Waals surface area contributed by atoms with E-state index in [0.29, 0.717) is 22.4 Å². The number of hydrogen-bond acceptors (Lipinski definition) is 8. The maximum Gasteiger partial charge on any atom is 0.339 e. The van der Waals surface area contributed by atoms with Crippen LogP contribution in [-0.4, -0.2) is 75.4 Å². The number of benzene rings is 2. The predicted octanol–water partition coefficient (Wildman–Crippen LogP) is 0.596. The van der Waals surface area contributed by atoms with Crippen molar-refractivity contribution in [1.82, 2.24) is 4.57 Å². The van der Waals surface area contributed by atoms with Crippen LogP contribution in [-0.2, 0) is 9.47 Å². The first kappa shape index (κ1) is 21.3. The van der Waals surface area contributed by atoms with Crippen LogP contribution in [0.2, 0.25) is 0 Å². The number of hydrogen-bond donors (Lipinski definition) is 4. The molecule has 5 atom stereocenters. The molecule has 0 unspecified atom stereocenters. The zero-order chi connectivity index (χ0) is 22.1. The van der Waals surface area contributed by atoms with Gasteiger partial charge in [-0.15, -0.1) is 0 Å². The zero-order valence-electron chi connectivity index (χ0n) is 16.7. The number of aliphatic hydroxyl groups is 4. The van der Waals surface area contributed by atoms with Gasteiger partial charge in [0.1, 0.15) is 30.2 Å². The summed E-state index contributed by atoms with van der Waals surface area (Å²) in [6.45, 7) is -0.556. The molecule has 0 spiro atoms. The fourth-order valence-corrected chi connectivity index (χ4v) is 3.70. The fraction of sp³-hybridized carbons (Fsp3) is 0.318. The first-order chi connectivity index (χ1) is 15.0. The monoisotopic (exact) mass is 429 g/mol. The van der Waals surface area contributed by atoms with E-state index < -0.39 is 43.3 Å². The predicted molar refractivity (Wildman–Crippen MR) is 109 cm³/mol. The van der Waals surface area contributed by atoms with E-state index in [0.717, 1.165) is 5.52 Å². The summed E-state index contributed by atoms with van der Waals surface area (Å²) >= 11 is 0. The van der Waals surface area contributed by atoms with Crippen molar-refractivity contribution in [3.05, 3.63) is 60.3 Å². The standard InChI is InChI=1S/C22H23NO8/c1-29-21(28)13-7-3-5-9-15(13)23-10-16(12-6-2-4-8-14(12)23)30-22-20(27)19(26)18(25)17(11-24)31-22/h2-10,17-20,22,24-27H,11H2,1H3/t17-,18+,19+,20-,22-/m1/s1. The van der Waals surface area contributed by atoms with Gasteiger partial charge in [0, 0.05) is 5.39 Å². The minimum absolute atomic E-state index is 0.319. The number of carbonyl (C=O) groups excluding carboxylic acids is 1. The lowest BCUT2D eigenvalue weighted by Crippen LogP contribution is -2.60. The summed E-state index contributed by atoms with van der Waals surface area (Å²) < 4.78 is 18.0. The molecular weight excluding hydrogens is 406 g/mol. The van der Waals surface area contributed by atoms with E-state index in [1.165, 1.54) is 7.11 Å². The Balaban J connectivity index is 1.76. The quantitative estimate of drug-likeness (QED) is 0.434. The number of rotatable bonds is 5. The molecule has 1 aromatic heterocycles. The van der Waals surface area contributed by atoms with Crippen LogP contribution >= 0.6 is 0 Å². The van der Waals surface area contributed by atoms with Gasteiger partial charge in [-0.25, -0.2) is 4.79 Å². The van der Waals surface area contributed by atoms with E-state index >= 15 is 0 Å². The van der Waals surface area contributed by atoms with Crippen LogP contribution < -0.4 is 4.74 Å². The summed E-state index contributed by atoms with van der Waals surface area (Å²) in [5.74, 6) is -0.176. The van der Waals surface area contributed by atoms with Crippen molar-refractivity contribution in [1.29, 1.82) is 0 Å². The Morgan fingerprint density at radius 2 is 1.74 bits per heavy atom. The smallest absolute Gasteiger partial charge is 0.339 e. The van der Waals surface area contributed by atoms with Gasteiger partial charge in [-0.05, 0) is 24.3 Å². The second kappa shape index (κ2) is 8.66. The van der Waals surface area contributed by atoms with Gasteiger partial charge >= 0.3 is 5.97 Å². The minimum Gasteiger partial charge on any atom is -0.465 e. The molecule has 1 fully saturated rings. The molecule has 1 aliphatic rings. The molecule has 4 rings (SSSR count). The number of para-hydroxylation sites is 2. The van der Waals surface area contributed by atoms with Gasteiger partial charge in [-0.2, -0.15) is 0 Å². The average molecular weight is 429 g/mol. The van der Waals surface area contributed by atoms with Crippen molar-refractivity contribution in [2.45, 2.75) is 30.7 Å². The first-order valence-corrected chi connectivity index (χ1v) is 9.71. The molecule has 0 amide bonds. The minimum atomic E-state index is -1.55. The molecule has 3 aromatic rings. The van der Waals surface area contributed by atoms with Crippen LogP contribution in [0.25, 0.3) is 16.6 Å². The van der Waals surface area contributed by atoms with Crippen molar-refractivity contribution < 1.29 is 39.4 Å². The second-order valence-electron chi connectivity index (χ2n) is 7.20. The van der Waals surface area contributed by atoms with E-state index in [1.807, 2.05) is 12.1 Å². The molecule has 164 valence electrons. The largest absolute Gasteiger partial charge is 0.465 e. The Kier molecular flexibility index (Phi) is 5.94. The van der Waals surface area contributed by atoms with Gasteiger partial charge in [-0.3, -0.25) is 0 Å². The second-order valence-corrected chi connectivity index (χ2v) is 7.20. The van der Waals surface area contributed by atoms with E-state index in [2.05, 4.69) is 0 Å². The van der Waals surface area contributed by atoms with Gasteiger partial charge < -0.3 is 39.2 Å². The van der Waals surface area contributed by atoms with Crippen molar-refractivity contribution in [2.75, 3.05) is 13.7 Å². The van der Waals surface area contributed by atoms with Crippen molar-refractivity contribution in [3.8, 4) is 11.4 Å². The normalized spacial score (nSPS) is 26.0. The van der Waals surface area contributed by atoms with Gasteiger partial charge in [0.2, 0.25) is 6.29 Å². The number of nitrogens with zero attached hydrogens (tertiary/aromatic N) is 1. The van der Waals surface area contributed by atoms with Crippen LogP contribution in [0.15, 0.2) is 54.7 Å². The number of esters is 1. The lowest BCUT2D eigenvalue weighted by Gasteiger charge is -2.39.